The summed E-state index contributed by atoms with van der Waals surface area (Å²) in [7, 11) is 5.66. The van der Waals surface area contributed by atoms with E-state index in [9.17, 15) is 0 Å². The summed E-state index contributed by atoms with van der Waals surface area (Å²) in [5, 5.41) is 0. The summed E-state index contributed by atoms with van der Waals surface area (Å²) >= 11 is 0. The van der Waals surface area contributed by atoms with Crippen molar-refractivity contribution in [1.82, 2.24) is 24.1 Å². The van der Waals surface area contributed by atoms with Crippen molar-refractivity contribution < 1.29 is 4.74 Å². The third kappa shape index (κ3) is 3.36. The van der Waals surface area contributed by atoms with Crippen LogP contribution in [-0.2, 0) is 24.4 Å². The molecule has 0 aliphatic carbocycles. The van der Waals surface area contributed by atoms with E-state index in [1.54, 1.807) is 19.5 Å². The van der Waals surface area contributed by atoms with Crippen LogP contribution >= 0.6 is 0 Å². The zero-order chi connectivity index (χ0) is 22.8. The van der Waals surface area contributed by atoms with Crippen molar-refractivity contribution >= 4 is 0 Å². The molecule has 0 spiro atoms. The molecule has 2 aromatic carbocycles. The Morgan fingerprint density at radius 1 is 0.727 bits per heavy atom. The van der Waals surface area contributed by atoms with Crippen molar-refractivity contribution in [3.05, 3.63) is 115 Å². The molecule has 0 amide bonds. The molecule has 3 aromatic heterocycles. The van der Waals surface area contributed by atoms with Gasteiger partial charge < -0.3 is 13.9 Å². The number of hydrogen-bond donors (Lipinski definition) is 0. The van der Waals surface area contributed by atoms with E-state index in [-0.39, 0.29) is 0 Å². The van der Waals surface area contributed by atoms with E-state index >= 15 is 0 Å². The SMILES string of the molecule is CO[C@](c1ccccn1)(c1nccn1C)c1nc(-c2ccccc2)c(-c2ccccc2)n1C. The highest BCUT2D eigenvalue weighted by Gasteiger charge is 2.46. The summed E-state index contributed by atoms with van der Waals surface area (Å²) in [6, 6.07) is 26.3. The summed E-state index contributed by atoms with van der Waals surface area (Å²) in [5.74, 6) is 1.41. The molecule has 3 heterocycles. The molecule has 1 atom stereocenters. The minimum atomic E-state index is -1.11. The average molecular weight is 436 g/mol. The van der Waals surface area contributed by atoms with Gasteiger partial charge >= 0.3 is 0 Å². The second kappa shape index (κ2) is 8.48. The van der Waals surface area contributed by atoms with Gasteiger partial charge in [-0.05, 0) is 12.1 Å². The molecule has 0 bridgehead atoms. The number of nitrogens with zero attached hydrogens (tertiary/aromatic N) is 5. The molecule has 0 aliphatic heterocycles. The minimum absolute atomic E-state index is 0.704. The van der Waals surface area contributed by atoms with Gasteiger partial charge in [-0.1, -0.05) is 66.7 Å². The Bertz CT molecular complexity index is 1360. The summed E-state index contributed by atoms with van der Waals surface area (Å²) in [6.45, 7) is 0. The lowest BCUT2D eigenvalue weighted by atomic mass is 9.95. The molecule has 0 N–H and O–H groups in total. The third-order valence-corrected chi connectivity index (χ3v) is 5.97. The standard InChI is InChI=1S/C27H25N5O/c1-31-19-18-29-25(31)27(33-3,22-16-10-11-17-28-22)26-30-23(20-12-6-4-7-13-20)24(32(26)2)21-14-8-5-9-15-21/h4-19H,1-3H3/t27-/m1/s1. The largest absolute Gasteiger partial charge is 0.357 e. The monoisotopic (exact) mass is 435 g/mol. The van der Waals surface area contributed by atoms with Gasteiger partial charge in [0.1, 0.15) is 0 Å². The van der Waals surface area contributed by atoms with Crippen LogP contribution in [0.1, 0.15) is 17.3 Å². The number of benzene rings is 2. The van der Waals surface area contributed by atoms with Crippen molar-refractivity contribution in [3.63, 3.8) is 0 Å². The highest BCUT2D eigenvalue weighted by molar-refractivity contribution is 5.79. The fourth-order valence-corrected chi connectivity index (χ4v) is 4.43. The Kier molecular flexibility index (Phi) is 5.36. The van der Waals surface area contributed by atoms with Crippen molar-refractivity contribution in [2.24, 2.45) is 14.1 Å². The summed E-state index contributed by atoms with van der Waals surface area (Å²) in [6.07, 6.45) is 5.45. The van der Waals surface area contributed by atoms with Crippen molar-refractivity contribution in [2.45, 2.75) is 5.60 Å². The van der Waals surface area contributed by atoms with Gasteiger partial charge in [0.15, 0.2) is 11.6 Å². The van der Waals surface area contributed by atoms with E-state index in [1.165, 1.54) is 0 Å². The Balaban J connectivity index is 1.87. The molecule has 6 heteroatoms. The fraction of sp³-hybridized carbons (Fsp3) is 0.148. The van der Waals surface area contributed by atoms with Gasteiger partial charge in [-0.3, -0.25) is 4.98 Å². The van der Waals surface area contributed by atoms with E-state index in [4.69, 9.17) is 9.72 Å². The minimum Gasteiger partial charge on any atom is -0.357 e. The number of aryl methyl sites for hydroxylation is 1. The topological polar surface area (TPSA) is 57.8 Å². The van der Waals surface area contributed by atoms with E-state index in [0.717, 1.165) is 22.5 Å². The Labute approximate surface area is 193 Å². The second-order valence-corrected chi connectivity index (χ2v) is 7.89. The first kappa shape index (κ1) is 20.8. The van der Waals surface area contributed by atoms with E-state index in [2.05, 4.69) is 38.8 Å². The number of methoxy groups -OCH3 is 1. The van der Waals surface area contributed by atoms with Crippen LogP contribution in [0.4, 0.5) is 0 Å². The molecular formula is C27H25N5O. The van der Waals surface area contributed by atoms with Crippen LogP contribution in [0, 0.1) is 0 Å². The normalized spacial score (nSPS) is 13.1. The average Bonchev–Trinajstić information content (AvgIpc) is 3.46. The number of imidazole rings is 2. The van der Waals surface area contributed by atoms with E-state index < -0.39 is 5.60 Å². The molecule has 0 saturated heterocycles. The van der Waals surface area contributed by atoms with Crippen LogP contribution in [0.3, 0.4) is 0 Å². The maximum Gasteiger partial charge on any atom is 0.225 e. The van der Waals surface area contributed by atoms with Crippen LogP contribution < -0.4 is 0 Å². The number of ether oxygens (including phenoxy) is 1. The molecule has 0 fully saturated rings. The molecule has 0 unspecified atom stereocenters. The molecule has 0 saturated carbocycles. The lowest BCUT2D eigenvalue weighted by molar-refractivity contribution is 0.0352. The molecule has 33 heavy (non-hydrogen) atoms. The van der Waals surface area contributed by atoms with Crippen LogP contribution in [0.15, 0.2) is 97.5 Å². The predicted molar refractivity (Wildman–Crippen MR) is 128 cm³/mol. The first-order chi connectivity index (χ1) is 16.2. The lowest BCUT2D eigenvalue weighted by Crippen LogP contribution is -2.38. The van der Waals surface area contributed by atoms with Gasteiger partial charge in [0.05, 0.1) is 17.1 Å². The highest BCUT2D eigenvalue weighted by Crippen LogP contribution is 2.41. The van der Waals surface area contributed by atoms with Crippen LogP contribution in [0.25, 0.3) is 22.5 Å². The third-order valence-electron chi connectivity index (χ3n) is 5.97. The Morgan fingerprint density at radius 3 is 1.97 bits per heavy atom. The number of rotatable bonds is 6. The quantitative estimate of drug-likeness (QED) is 0.384. The summed E-state index contributed by atoms with van der Waals surface area (Å²) in [4.78, 5) is 14.6. The number of hydrogen-bond acceptors (Lipinski definition) is 4. The van der Waals surface area contributed by atoms with Gasteiger partial charge in [-0.25, -0.2) is 9.97 Å². The molecule has 0 radical (unpaired) electrons. The maximum absolute atomic E-state index is 6.33. The number of aromatic nitrogens is 5. The molecule has 5 aromatic rings. The Morgan fingerprint density at radius 2 is 1.39 bits per heavy atom. The molecular weight excluding hydrogens is 410 g/mol. The van der Waals surface area contributed by atoms with Crippen molar-refractivity contribution in [1.29, 1.82) is 0 Å². The molecule has 6 nitrogen and oxygen atoms in total. The van der Waals surface area contributed by atoms with Gasteiger partial charge in [-0.15, -0.1) is 0 Å². The first-order valence-corrected chi connectivity index (χ1v) is 10.8. The smallest absolute Gasteiger partial charge is 0.225 e. The van der Waals surface area contributed by atoms with Crippen LogP contribution in [0.2, 0.25) is 0 Å². The van der Waals surface area contributed by atoms with Crippen LogP contribution in [0.5, 0.6) is 0 Å². The van der Waals surface area contributed by atoms with Gasteiger partial charge in [0, 0.05) is 50.9 Å². The highest BCUT2D eigenvalue weighted by atomic mass is 16.5. The van der Waals surface area contributed by atoms with Gasteiger partial charge in [0.2, 0.25) is 5.60 Å². The first-order valence-electron chi connectivity index (χ1n) is 10.8. The van der Waals surface area contributed by atoms with Crippen LogP contribution in [-0.4, -0.2) is 31.2 Å². The molecule has 5 rings (SSSR count). The lowest BCUT2D eigenvalue weighted by Gasteiger charge is -2.31. The van der Waals surface area contributed by atoms with E-state index in [1.807, 2.05) is 79.5 Å². The predicted octanol–water partition coefficient (Wildman–Crippen LogP) is 4.82. The second-order valence-electron chi connectivity index (χ2n) is 7.89. The van der Waals surface area contributed by atoms with Gasteiger partial charge in [0.25, 0.3) is 0 Å². The summed E-state index contributed by atoms with van der Waals surface area (Å²) < 4.78 is 10.4. The summed E-state index contributed by atoms with van der Waals surface area (Å²) in [5.41, 5.74) is 3.60. The van der Waals surface area contributed by atoms with Crippen molar-refractivity contribution in [3.8, 4) is 22.5 Å². The zero-order valence-electron chi connectivity index (χ0n) is 18.9. The fourth-order valence-electron chi connectivity index (χ4n) is 4.43. The number of pyridine rings is 1. The zero-order valence-corrected chi connectivity index (χ0v) is 18.9. The molecule has 164 valence electrons. The maximum atomic E-state index is 6.33. The van der Waals surface area contributed by atoms with Crippen molar-refractivity contribution in [2.75, 3.05) is 7.11 Å². The van der Waals surface area contributed by atoms with E-state index in [0.29, 0.717) is 17.3 Å². The Hall–Kier alpha value is -4.03. The van der Waals surface area contributed by atoms with Gasteiger partial charge in [-0.2, -0.15) is 0 Å². The molecule has 0 aliphatic rings.